The van der Waals surface area contributed by atoms with Crippen molar-refractivity contribution in [1.82, 2.24) is 20.1 Å². The summed E-state index contributed by atoms with van der Waals surface area (Å²) in [5, 5.41) is 3.74. The predicted molar refractivity (Wildman–Crippen MR) is 103 cm³/mol. The van der Waals surface area contributed by atoms with Crippen molar-refractivity contribution in [3.05, 3.63) is 40.7 Å². The molecule has 0 bridgehead atoms. The van der Waals surface area contributed by atoms with Crippen molar-refractivity contribution in [2.24, 2.45) is 0 Å². The van der Waals surface area contributed by atoms with Crippen LogP contribution in [0.15, 0.2) is 24.3 Å². The fourth-order valence-electron chi connectivity index (χ4n) is 2.98. The maximum absolute atomic E-state index is 13.1. The summed E-state index contributed by atoms with van der Waals surface area (Å²) in [5.74, 6) is -0.355. The van der Waals surface area contributed by atoms with E-state index in [1.165, 1.54) is 23.5 Å². The summed E-state index contributed by atoms with van der Waals surface area (Å²) in [7, 11) is 2.15. The number of benzene rings is 1. The van der Waals surface area contributed by atoms with Crippen LogP contribution < -0.4 is 5.32 Å². The van der Waals surface area contributed by atoms with Gasteiger partial charge in [0, 0.05) is 38.3 Å². The molecule has 1 aliphatic heterocycles. The van der Waals surface area contributed by atoms with Gasteiger partial charge in [-0.1, -0.05) is 0 Å². The van der Waals surface area contributed by atoms with E-state index in [9.17, 15) is 9.18 Å². The zero-order valence-electron chi connectivity index (χ0n) is 15.3. The van der Waals surface area contributed by atoms with Crippen molar-refractivity contribution in [1.29, 1.82) is 0 Å². The number of rotatable bonds is 6. The van der Waals surface area contributed by atoms with Crippen LogP contribution in [0.25, 0.3) is 10.6 Å². The molecule has 1 amide bonds. The highest BCUT2D eigenvalue weighted by Crippen LogP contribution is 2.28. The molecule has 7 heteroatoms. The predicted octanol–water partition coefficient (Wildman–Crippen LogP) is 2.62. The Hall–Kier alpha value is -1.83. The number of nitrogens with zero attached hydrogens (tertiary/aromatic N) is 3. The summed E-state index contributed by atoms with van der Waals surface area (Å²) >= 11 is 1.35. The molecule has 0 atom stereocenters. The molecule has 0 unspecified atom stereocenters. The highest BCUT2D eigenvalue weighted by molar-refractivity contribution is 7.17. The van der Waals surface area contributed by atoms with Gasteiger partial charge in [-0.05, 0) is 51.2 Å². The number of thiazole rings is 1. The van der Waals surface area contributed by atoms with Crippen LogP contribution in [0.4, 0.5) is 4.39 Å². The van der Waals surface area contributed by atoms with E-state index in [-0.39, 0.29) is 11.7 Å². The van der Waals surface area contributed by atoms with Gasteiger partial charge in [-0.25, -0.2) is 9.37 Å². The minimum absolute atomic E-state index is 0.0771. The Morgan fingerprint density at radius 2 is 1.92 bits per heavy atom. The first-order valence-electron chi connectivity index (χ1n) is 8.95. The lowest BCUT2D eigenvalue weighted by molar-refractivity contribution is 0.0952. The highest BCUT2D eigenvalue weighted by atomic mass is 32.1. The number of carbonyl (C=O) groups is 1. The van der Waals surface area contributed by atoms with Crippen LogP contribution in [0.1, 0.15) is 21.8 Å². The maximum atomic E-state index is 13.1. The Labute approximate surface area is 157 Å². The van der Waals surface area contributed by atoms with Crippen molar-refractivity contribution >= 4 is 17.2 Å². The second-order valence-electron chi connectivity index (χ2n) is 6.69. The smallest absolute Gasteiger partial charge is 0.263 e. The van der Waals surface area contributed by atoms with Crippen LogP contribution in [0.3, 0.4) is 0 Å². The zero-order chi connectivity index (χ0) is 18.5. The Morgan fingerprint density at radius 1 is 1.23 bits per heavy atom. The van der Waals surface area contributed by atoms with Crippen molar-refractivity contribution in [2.75, 3.05) is 46.3 Å². The number of halogens is 1. The quantitative estimate of drug-likeness (QED) is 0.788. The van der Waals surface area contributed by atoms with Gasteiger partial charge in [0.1, 0.15) is 15.7 Å². The van der Waals surface area contributed by atoms with E-state index in [1.54, 1.807) is 12.1 Å². The van der Waals surface area contributed by atoms with Gasteiger partial charge in [0.15, 0.2) is 0 Å². The number of aryl methyl sites for hydroxylation is 1. The molecule has 3 rings (SSSR count). The third kappa shape index (κ3) is 4.87. The molecule has 0 spiro atoms. The summed E-state index contributed by atoms with van der Waals surface area (Å²) in [4.78, 5) is 22.3. The van der Waals surface area contributed by atoms with E-state index in [4.69, 9.17) is 0 Å². The molecule has 1 aromatic carbocycles. The average molecular weight is 377 g/mol. The van der Waals surface area contributed by atoms with Gasteiger partial charge in [-0.3, -0.25) is 4.79 Å². The SMILES string of the molecule is Cc1nc(-c2ccc(F)cc2)sc1C(=O)NCCCN1CCN(C)CC1. The lowest BCUT2D eigenvalue weighted by Gasteiger charge is -2.32. The molecular weight excluding hydrogens is 351 g/mol. The van der Waals surface area contributed by atoms with Crippen molar-refractivity contribution in [3.63, 3.8) is 0 Å². The lowest BCUT2D eigenvalue weighted by atomic mass is 10.2. The number of hydrogen-bond donors (Lipinski definition) is 1. The minimum atomic E-state index is -0.277. The first-order valence-corrected chi connectivity index (χ1v) is 9.77. The van der Waals surface area contributed by atoms with E-state index in [1.807, 2.05) is 6.92 Å². The summed E-state index contributed by atoms with van der Waals surface area (Å²) in [6.45, 7) is 7.92. The molecule has 1 saturated heterocycles. The van der Waals surface area contributed by atoms with E-state index in [0.717, 1.165) is 49.7 Å². The minimum Gasteiger partial charge on any atom is -0.351 e. The number of hydrogen-bond acceptors (Lipinski definition) is 5. The van der Waals surface area contributed by atoms with Crippen LogP contribution in [-0.2, 0) is 0 Å². The number of nitrogens with one attached hydrogen (secondary N) is 1. The van der Waals surface area contributed by atoms with Gasteiger partial charge in [0.25, 0.3) is 5.91 Å². The van der Waals surface area contributed by atoms with Gasteiger partial charge in [0.2, 0.25) is 0 Å². The van der Waals surface area contributed by atoms with Crippen LogP contribution >= 0.6 is 11.3 Å². The van der Waals surface area contributed by atoms with Crippen LogP contribution in [-0.4, -0.2) is 67.0 Å². The molecule has 140 valence electrons. The Bertz CT molecular complexity index is 738. The molecule has 2 heterocycles. The largest absolute Gasteiger partial charge is 0.351 e. The normalized spacial score (nSPS) is 16.0. The first kappa shape index (κ1) is 18.9. The van der Waals surface area contributed by atoms with Gasteiger partial charge in [-0.15, -0.1) is 11.3 Å². The van der Waals surface area contributed by atoms with Crippen molar-refractivity contribution < 1.29 is 9.18 Å². The second kappa shape index (κ2) is 8.70. The van der Waals surface area contributed by atoms with Crippen molar-refractivity contribution in [3.8, 4) is 10.6 Å². The van der Waals surface area contributed by atoms with E-state index >= 15 is 0 Å². The van der Waals surface area contributed by atoms with Gasteiger partial charge < -0.3 is 15.1 Å². The highest BCUT2D eigenvalue weighted by Gasteiger charge is 2.17. The molecule has 5 nitrogen and oxygen atoms in total. The average Bonchev–Trinajstić information content (AvgIpc) is 3.02. The molecule has 1 aromatic heterocycles. The van der Waals surface area contributed by atoms with Crippen LogP contribution in [0.5, 0.6) is 0 Å². The molecule has 1 fully saturated rings. The van der Waals surface area contributed by atoms with Gasteiger partial charge in [0.05, 0.1) is 5.69 Å². The lowest BCUT2D eigenvalue weighted by Crippen LogP contribution is -2.45. The molecule has 0 aliphatic carbocycles. The number of aromatic nitrogens is 1. The molecule has 0 radical (unpaired) electrons. The first-order chi connectivity index (χ1) is 12.5. The second-order valence-corrected chi connectivity index (χ2v) is 7.69. The van der Waals surface area contributed by atoms with E-state index in [2.05, 4.69) is 27.1 Å². The molecule has 2 aromatic rings. The van der Waals surface area contributed by atoms with E-state index in [0.29, 0.717) is 17.1 Å². The standard InChI is InChI=1S/C19H25FN4OS/c1-14-17(26-19(22-14)15-4-6-16(20)7-5-15)18(25)21-8-3-9-24-12-10-23(2)11-13-24/h4-7H,3,8-13H2,1-2H3,(H,21,25). The van der Waals surface area contributed by atoms with Gasteiger partial charge >= 0.3 is 0 Å². The summed E-state index contributed by atoms with van der Waals surface area (Å²) in [5.41, 5.74) is 1.54. The molecule has 26 heavy (non-hydrogen) atoms. The number of carbonyl (C=O) groups excluding carboxylic acids is 1. The Kier molecular flexibility index (Phi) is 6.34. The van der Waals surface area contributed by atoms with Crippen molar-refractivity contribution in [2.45, 2.75) is 13.3 Å². The van der Waals surface area contributed by atoms with Gasteiger partial charge in [-0.2, -0.15) is 0 Å². The molecule has 0 saturated carbocycles. The third-order valence-electron chi connectivity index (χ3n) is 4.63. The van der Waals surface area contributed by atoms with Crippen LogP contribution in [0, 0.1) is 12.7 Å². The fraction of sp³-hybridized carbons (Fsp3) is 0.474. The molecular formula is C19H25FN4OS. The Balaban J connectivity index is 1.49. The fourth-order valence-corrected chi connectivity index (χ4v) is 3.97. The monoisotopic (exact) mass is 376 g/mol. The topological polar surface area (TPSA) is 48.5 Å². The summed E-state index contributed by atoms with van der Waals surface area (Å²) in [6, 6.07) is 6.19. The molecule has 1 N–H and O–H groups in total. The number of piperazine rings is 1. The summed E-state index contributed by atoms with van der Waals surface area (Å²) in [6.07, 6.45) is 0.943. The Morgan fingerprint density at radius 3 is 2.62 bits per heavy atom. The number of amides is 1. The number of likely N-dealkylation sites (N-methyl/N-ethyl adjacent to an activating group) is 1. The van der Waals surface area contributed by atoms with Crippen LogP contribution in [0.2, 0.25) is 0 Å². The summed E-state index contributed by atoms with van der Waals surface area (Å²) < 4.78 is 13.1. The third-order valence-corrected chi connectivity index (χ3v) is 5.83. The van der Waals surface area contributed by atoms with E-state index < -0.39 is 0 Å². The maximum Gasteiger partial charge on any atom is 0.263 e. The zero-order valence-corrected chi connectivity index (χ0v) is 16.1. The molecule has 1 aliphatic rings.